The van der Waals surface area contributed by atoms with Gasteiger partial charge in [0.15, 0.2) is 0 Å². The number of hydrogen-bond donors (Lipinski definition) is 2. The highest BCUT2D eigenvalue weighted by molar-refractivity contribution is 5.86. The number of likely N-dealkylation sites (tertiary alicyclic amines) is 1. The van der Waals surface area contributed by atoms with Crippen molar-refractivity contribution < 1.29 is 14.7 Å². The number of aliphatic carboxylic acids is 1. The van der Waals surface area contributed by atoms with Gasteiger partial charge in [0, 0.05) is 13.1 Å². The van der Waals surface area contributed by atoms with Crippen molar-refractivity contribution >= 4 is 12.0 Å². The maximum absolute atomic E-state index is 12.0. The van der Waals surface area contributed by atoms with Gasteiger partial charge < -0.3 is 15.3 Å². The monoisotopic (exact) mass is 254 g/mol. The van der Waals surface area contributed by atoms with Crippen LogP contribution in [0.3, 0.4) is 0 Å². The Morgan fingerprint density at radius 2 is 2.06 bits per heavy atom. The number of hydrogen-bond acceptors (Lipinski definition) is 2. The van der Waals surface area contributed by atoms with E-state index < -0.39 is 11.5 Å². The number of urea groups is 1. The lowest BCUT2D eigenvalue weighted by molar-refractivity contribution is -0.150. The van der Waals surface area contributed by atoms with Gasteiger partial charge in [-0.2, -0.15) is 0 Å². The Morgan fingerprint density at radius 3 is 2.61 bits per heavy atom. The van der Waals surface area contributed by atoms with Crippen molar-refractivity contribution in [1.82, 2.24) is 10.2 Å². The molecule has 1 fully saturated rings. The van der Waals surface area contributed by atoms with Crippen molar-refractivity contribution in [2.75, 3.05) is 13.1 Å². The highest BCUT2D eigenvalue weighted by Gasteiger charge is 2.43. The zero-order valence-electron chi connectivity index (χ0n) is 11.3. The minimum Gasteiger partial charge on any atom is -0.480 e. The minimum absolute atomic E-state index is 0.294. The molecule has 5 heteroatoms. The molecule has 0 bridgehead atoms. The molecule has 0 radical (unpaired) electrons. The molecule has 0 aromatic rings. The van der Waals surface area contributed by atoms with Gasteiger partial charge >= 0.3 is 12.0 Å². The Labute approximate surface area is 108 Å². The van der Waals surface area contributed by atoms with E-state index in [-0.39, 0.29) is 6.03 Å². The van der Waals surface area contributed by atoms with Crippen molar-refractivity contribution in [3.8, 4) is 0 Å². The summed E-state index contributed by atoms with van der Waals surface area (Å²) in [5.74, 6) is -0.931. The smallest absolute Gasteiger partial charge is 0.329 e. The van der Waals surface area contributed by atoms with Crippen LogP contribution >= 0.6 is 0 Å². The number of allylic oxidation sites excluding steroid dienone is 1. The second-order valence-electron chi connectivity index (χ2n) is 5.16. The van der Waals surface area contributed by atoms with Gasteiger partial charge in [-0.25, -0.2) is 9.59 Å². The molecule has 0 aromatic carbocycles. The molecule has 1 aliphatic heterocycles. The molecule has 2 amide bonds. The first-order valence-corrected chi connectivity index (χ1v) is 6.30. The van der Waals surface area contributed by atoms with E-state index in [1.54, 1.807) is 6.92 Å². The molecule has 0 aromatic heterocycles. The van der Waals surface area contributed by atoms with Crippen LogP contribution in [0.25, 0.3) is 0 Å². The van der Waals surface area contributed by atoms with Gasteiger partial charge in [-0.15, -0.1) is 0 Å². The second-order valence-corrected chi connectivity index (χ2v) is 5.16. The fourth-order valence-electron chi connectivity index (χ4n) is 2.11. The number of amides is 2. The molecule has 102 valence electrons. The van der Waals surface area contributed by atoms with E-state index in [0.717, 1.165) is 18.4 Å². The molecule has 1 rings (SSSR count). The van der Waals surface area contributed by atoms with Gasteiger partial charge in [0.05, 0.1) is 0 Å². The molecule has 18 heavy (non-hydrogen) atoms. The number of nitrogens with one attached hydrogen (secondary N) is 1. The summed E-state index contributed by atoms with van der Waals surface area (Å²) in [6, 6.07) is -0.294. The summed E-state index contributed by atoms with van der Waals surface area (Å²) in [7, 11) is 0. The van der Waals surface area contributed by atoms with Crippen LogP contribution in [0.15, 0.2) is 11.6 Å². The van der Waals surface area contributed by atoms with E-state index in [9.17, 15) is 14.7 Å². The SMILES string of the molecule is CC(C)=CCNC(=O)N1CCCCC1(C)C(=O)O. The molecule has 1 saturated heterocycles. The van der Waals surface area contributed by atoms with E-state index in [2.05, 4.69) is 5.32 Å². The third-order valence-electron chi connectivity index (χ3n) is 3.36. The second kappa shape index (κ2) is 5.89. The fourth-order valence-corrected chi connectivity index (χ4v) is 2.11. The van der Waals surface area contributed by atoms with Crippen LogP contribution in [0.4, 0.5) is 4.79 Å². The van der Waals surface area contributed by atoms with Gasteiger partial charge in [0.25, 0.3) is 0 Å². The summed E-state index contributed by atoms with van der Waals surface area (Å²) in [6.07, 6.45) is 4.12. The van der Waals surface area contributed by atoms with Crippen molar-refractivity contribution in [2.24, 2.45) is 0 Å². The van der Waals surface area contributed by atoms with Crippen molar-refractivity contribution in [1.29, 1.82) is 0 Å². The standard InChI is InChI=1S/C13H22N2O3/c1-10(2)6-8-14-12(18)15-9-5-4-7-13(15,3)11(16)17/h6H,4-5,7-9H2,1-3H3,(H,14,18)(H,16,17). The minimum atomic E-state index is -1.08. The molecule has 2 N–H and O–H groups in total. The quantitative estimate of drug-likeness (QED) is 0.757. The van der Waals surface area contributed by atoms with Crippen molar-refractivity contribution in [2.45, 2.75) is 45.6 Å². The number of carboxylic acids is 1. The first kappa shape index (κ1) is 14.5. The third kappa shape index (κ3) is 3.24. The lowest BCUT2D eigenvalue weighted by Gasteiger charge is -2.41. The first-order chi connectivity index (χ1) is 8.38. The molecule has 1 aliphatic rings. The number of carboxylic acid groups (broad SMARTS) is 1. The van der Waals surface area contributed by atoms with Gasteiger partial charge in [0.2, 0.25) is 0 Å². The highest BCUT2D eigenvalue weighted by Crippen LogP contribution is 2.28. The molecule has 0 saturated carbocycles. The summed E-state index contributed by atoms with van der Waals surface area (Å²) in [4.78, 5) is 24.8. The average Bonchev–Trinajstić information content (AvgIpc) is 2.28. The molecule has 1 atom stereocenters. The summed E-state index contributed by atoms with van der Waals surface area (Å²) in [5, 5.41) is 12.0. The summed E-state index contributed by atoms with van der Waals surface area (Å²) in [5.41, 5.74) is 0.0442. The molecule has 1 heterocycles. The molecule has 5 nitrogen and oxygen atoms in total. The van der Waals surface area contributed by atoms with E-state index in [1.807, 2.05) is 19.9 Å². The summed E-state index contributed by atoms with van der Waals surface area (Å²) < 4.78 is 0. The average molecular weight is 254 g/mol. The van der Waals surface area contributed by atoms with Crippen molar-refractivity contribution in [3.63, 3.8) is 0 Å². The number of rotatable bonds is 3. The largest absolute Gasteiger partial charge is 0.480 e. The fraction of sp³-hybridized carbons (Fsp3) is 0.692. The van der Waals surface area contributed by atoms with E-state index in [0.29, 0.717) is 19.5 Å². The van der Waals surface area contributed by atoms with Crippen LogP contribution in [0, 0.1) is 0 Å². The lowest BCUT2D eigenvalue weighted by atomic mass is 9.89. The van der Waals surface area contributed by atoms with Crippen LogP contribution in [0.1, 0.15) is 40.0 Å². The number of carbonyl (C=O) groups is 2. The van der Waals surface area contributed by atoms with E-state index >= 15 is 0 Å². The van der Waals surface area contributed by atoms with Crippen molar-refractivity contribution in [3.05, 3.63) is 11.6 Å². The van der Waals surface area contributed by atoms with Crippen LogP contribution in [-0.4, -0.2) is 40.6 Å². The molecular weight excluding hydrogens is 232 g/mol. The maximum atomic E-state index is 12.0. The van der Waals surface area contributed by atoms with E-state index in [1.165, 1.54) is 4.90 Å². The van der Waals surface area contributed by atoms with Crippen LogP contribution in [-0.2, 0) is 4.79 Å². The topological polar surface area (TPSA) is 69.6 Å². The van der Waals surface area contributed by atoms with Crippen LogP contribution in [0.5, 0.6) is 0 Å². The molecule has 0 spiro atoms. The maximum Gasteiger partial charge on any atom is 0.329 e. The zero-order chi connectivity index (χ0) is 13.8. The predicted octanol–water partition coefficient (Wildman–Crippen LogP) is 1.99. The van der Waals surface area contributed by atoms with Crippen LogP contribution < -0.4 is 5.32 Å². The lowest BCUT2D eigenvalue weighted by Crippen LogP contribution is -2.60. The third-order valence-corrected chi connectivity index (χ3v) is 3.36. The predicted molar refractivity (Wildman–Crippen MR) is 69.4 cm³/mol. The van der Waals surface area contributed by atoms with Gasteiger partial charge in [-0.1, -0.05) is 11.6 Å². The number of nitrogens with zero attached hydrogens (tertiary/aromatic N) is 1. The Bertz CT molecular complexity index is 361. The normalized spacial score (nSPS) is 23.4. The molecule has 1 unspecified atom stereocenters. The molecule has 0 aliphatic carbocycles. The number of piperidine rings is 1. The van der Waals surface area contributed by atoms with E-state index in [4.69, 9.17) is 0 Å². The Morgan fingerprint density at radius 1 is 1.39 bits per heavy atom. The summed E-state index contributed by atoms with van der Waals surface area (Å²) in [6.45, 7) is 6.47. The van der Waals surface area contributed by atoms with Crippen LogP contribution in [0.2, 0.25) is 0 Å². The summed E-state index contributed by atoms with van der Waals surface area (Å²) >= 11 is 0. The van der Waals surface area contributed by atoms with Gasteiger partial charge in [-0.05, 0) is 40.0 Å². The van der Waals surface area contributed by atoms with Gasteiger partial charge in [-0.3, -0.25) is 0 Å². The number of carbonyl (C=O) groups excluding carboxylic acids is 1. The molecular formula is C13H22N2O3. The highest BCUT2D eigenvalue weighted by atomic mass is 16.4. The first-order valence-electron chi connectivity index (χ1n) is 6.30. The van der Waals surface area contributed by atoms with Gasteiger partial charge in [0.1, 0.15) is 5.54 Å². The zero-order valence-corrected chi connectivity index (χ0v) is 11.3. The Hall–Kier alpha value is -1.52. The Kier molecular flexibility index (Phi) is 4.76. The Balaban J connectivity index is 2.69.